The molecule has 0 spiro atoms. The van der Waals surface area contributed by atoms with E-state index in [2.05, 4.69) is 0 Å². The van der Waals surface area contributed by atoms with Gasteiger partial charge in [0.1, 0.15) is 12.2 Å². The second-order valence-corrected chi connectivity index (χ2v) is 12.3. The van der Waals surface area contributed by atoms with E-state index >= 15 is 4.39 Å². The maximum Gasteiger partial charge on any atom is 0.325 e. The monoisotopic (exact) mass is 626 g/mol. The first-order chi connectivity index (χ1) is 21.2. The summed E-state index contributed by atoms with van der Waals surface area (Å²) in [5.41, 5.74) is 6.77. The SMILES string of the molecule is CC(C)C[C@H](N)C(=O)OCOc1c2n(ccc1=O)N([C@@H]1c3ccccc3SCc3c1ccc(F)c3F)[C@@H]1COCCN1C2=O. The van der Waals surface area contributed by atoms with Crippen molar-refractivity contribution < 1.29 is 32.6 Å². The van der Waals surface area contributed by atoms with Crippen molar-refractivity contribution >= 4 is 23.6 Å². The van der Waals surface area contributed by atoms with E-state index in [1.54, 1.807) is 11.0 Å². The molecule has 0 saturated carbocycles. The second kappa shape index (κ2) is 12.2. The van der Waals surface area contributed by atoms with E-state index in [-0.39, 0.29) is 48.4 Å². The third kappa shape index (κ3) is 5.33. The van der Waals surface area contributed by atoms with Gasteiger partial charge in [0.2, 0.25) is 18.0 Å². The van der Waals surface area contributed by atoms with E-state index < -0.39 is 54.0 Å². The summed E-state index contributed by atoms with van der Waals surface area (Å²) in [5.74, 6) is -3.00. The smallest absolute Gasteiger partial charge is 0.325 e. The number of halogens is 2. The summed E-state index contributed by atoms with van der Waals surface area (Å²) < 4.78 is 48.1. The number of hydrogen-bond acceptors (Lipinski definition) is 9. The molecule has 13 heteroatoms. The number of rotatable bonds is 7. The number of esters is 1. The first kappa shape index (κ1) is 30.1. The summed E-state index contributed by atoms with van der Waals surface area (Å²) in [6.07, 6.45) is 1.20. The largest absolute Gasteiger partial charge is 0.451 e. The number of carbonyl (C=O) groups is 2. The molecule has 1 aromatic heterocycles. The summed E-state index contributed by atoms with van der Waals surface area (Å²) >= 11 is 1.39. The number of benzene rings is 2. The van der Waals surface area contributed by atoms with E-state index in [9.17, 15) is 18.8 Å². The van der Waals surface area contributed by atoms with Gasteiger partial charge < -0.3 is 24.8 Å². The van der Waals surface area contributed by atoms with Gasteiger partial charge in [0, 0.05) is 35.0 Å². The highest BCUT2D eigenvalue weighted by molar-refractivity contribution is 7.98. The molecular weight excluding hydrogens is 594 g/mol. The van der Waals surface area contributed by atoms with Crippen LogP contribution < -0.4 is 20.9 Å². The van der Waals surface area contributed by atoms with Crippen LogP contribution in [0.2, 0.25) is 0 Å². The van der Waals surface area contributed by atoms with E-state index in [1.165, 1.54) is 28.7 Å². The number of aromatic nitrogens is 1. The van der Waals surface area contributed by atoms with Crippen molar-refractivity contribution in [2.75, 3.05) is 31.6 Å². The number of pyridine rings is 1. The Balaban J connectivity index is 1.47. The molecule has 1 saturated heterocycles. The lowest BCUT2D eigenvalue weighted by molar-refractivity contribution is -0.152. The number of nitrogens with zero attached hydrogens (tertiary/aromatic N) is 3. The van der Waals surface area contributed by atoms with E-state index in [0.717, 1.165) is 16.5 Å². The maximum absolute atomic E-state index is 15.4. The van der Waals surface area contributed by atoms with Gasteiger partial charge in [0.25, 0.3) is 5.91 Å². The molecule has 2 N–H and O–H groups in total. The Kier molecular flexibility index (Phi) is 8.36. The molecule has 2 aromatic carbocycles. The van der Waals surface area contributed by atoms with Crippen LogP contribution in [0.3, 0.4) is 0 Å². The lowest BCUT2D eigenvalue weighted by atomic mass is 9.93. The lowest BCUT2D eigenvalue weighted by Crippen LogP contribution is -2.66. The normalized spacial score (nSPS) is 19.8. The molecule has 0 unspecified atom stereocenters. The molecule has 4 heterocycles. The maximum atomic E-state index is 15.4. The van der Waals surface area contributed by atoms with Crippen LogP contribution in [0.25, 0.3) is 0 Å². The predicted molar refractivity (Wildman–Crippen MR) is 158 cm³/mol. The van der Waals surface area contributed by atoms with Gasteiger partial charge in [0.05, 0.1) is 19.3 Å². The van der Waals surface area contributed by atoms with Crippen molar-refractivity contribution in [3.8, 4) is 5.75 Å². The number of ether oxygens (including phenoxy) is 3. The Bertz CT molecular complexity index is 1670. The van der Waals surface area contributed by atoms with Crippen LogP contribution in [0.5, 0.6) is 5.75 Å². The number of carbonyl (C=O) groups excluding carboxylic acids is 2. The number of amides is 1. The van der Waals surface area contributed by atoms with E-state index in [0.29, 0.717) is 12.0 Å². The van der Waals surface area contributed by atoms with Crippen LogP contribution in [0.15, 0.2) is 58.4 Å². The Morgan fingerprint density at radius 1 is 1.14 bits per heavy atom. The van der Waals surface area contributed by atoms with Gasteiger partial charge in [-0.3, -0.25) is 24.1 Å². The standard InChI is InChI=1S/C31H32F2N4O6S/c1-17(2)13-22(34)31(40)43-16-42-29-23(38)9-10-36-28(29)30(39)35-11-12-41-14-25(35)37(36)27-18-7-8-21(32)26(33)20(18)15-44-24-6-4-3-5-19(24)27/h3-10,17,22,25,27H,11-16,34H2,1-2H3/t22-,25+,27-/m0/s1. The fourth-order valence-corrected chi connectivity index (χ4v) is 7.08. The zero-order valence-electron chi connectivity index (χ0n) is 24.2. The third-order valence-electron chi connectivity index (χ3n) is 7.97. The molecule has 1 amide bonds. The molecular formula is C31H32F2N4O6S. The molecule has 44 heavy (non-hydrogen) atoms. The summed E-state index contributed by atoms with van der Waals surface area (Å²) in [4.78, 5) is 42.0. The molecule has 0 bridgehead atoms. The molecule has 3 aliphatic heterocycles. The van der Waals surface area contributed by atoms with E-state index in [4.69, 9.17) is 19.9 Å². The molecule has 232 valence electrons. The van der Waals surface area contributed by atoms with Crippen molar-refractivity contribution in [3.63, 3.8) is 0 Å². The van der Waals surface area contributed by atoms with Gasteiger partial charge >= 0.3 is 5.97 Å². The highest BCUT2D eigenvalue weighted by Crippen LogP contribution is 2.45. The highest BCUT2D eigenvalue weighted by Gasteiger charge is 2.46. The number of fused-ring (bicyclic) bond motifs is 4. The van der Waals surface area contributed by atoms with Gasteiger partial charge in [0.15, 0.2) is 17.3 Å². The average Bonchev–Trinajstić information content (AvgIpc) is 3.17. The minimum atomic E-state index is -0.951. The van der Waals surface area contributed by atoms with Gasteiger partial charge in [-0.2, -0.15) is 0 Å². The minimum Gasteiger partial charge on any atom is -0.451 e. The van der Waals surface area contributed by atoms with Crippen LogP contribution >= 0.6 is 11.8 Å². The molecule has 0 aliphatic carbocycles. The molecule has 3 atom stereocenters. The number of morpholine rings is 1. The molecule has 10 nitrogen and oxygen atoms in total. The fourth-order valence-electron chi connectivity index (χ4n) is 5.97. The lowest BCUT2D eigenvalue weighted by Gasteiger charge is -2.51. The van der Waals surface area contributed by atoms with Gasteiger partial charge in [-0.25, -0.2) is 8.78 Å². The molecule has 6 rings (SSSR count). The fraction of sp³-hybridized carbons (Fsp3) is 0.387. The van der Waals surface area contributed by atoms with E-state index in [1.807, 2.05) is 43.1 Å². The highest BCUT2D eigenvalue weighted by atomic mass is 32.2. The van der Waals surface area contributed by atoms with Crippen molar-refractivity contribution in [1.82, 2.24) is 9.58 Å². The Labute approximate surface area is 256 Å². The molecule has 1 fully saturated rings. The van der Waals surface area contributed by atoms with Crippen LogP contribution in [0.4, 0.5) is 8.78 Å². The Morgan fingerprint density at radius 3 is 2.73 bits per heavy atom. The van der Waals surface area contributed by atoms with Crippen LogP contribution in [-0.2, 0) is 20.0 Å². The molecule has 3 aromatic rings. The summed E-state index contributed by atoms with van der Waals surface area (Å²) in [6.45, 7) is 3.82. The first-order valence-corrected chi connectivity index (χ1v) is 15.3. The minimum absolute atomic E-state index is 0.0864. The average molecular weight is 627 g/mol. The zero-order chi connectivity index (χ0) is 31.1. The number of thioether (sulfide) groups is 1. The quantitative estimate of drug-likeness (QED) is 0.311. The van der Waals surface area contributed by atoms with Crippen molar-refractivity contribution in [2.24, 2.45) is 11.7 Å². The topological polar surface area (TPSA) is 116 Å². The predicted octanol–water partition coefficient (Wildman–Crippen LogP) is 3.52. The van der Waals surface area contributed by atoms with Crippen molar-refractivity contribution in [2.45, 2.75) is 49.2 Å². The second-order valence-electron chi connectivity index (χ2n) is 11.3. The van der Waals surface area contributed by atoms with Gasteiger partial charge in [-0.1, -0.05) is 38.1 Å². The summed E-state index contributed by atoms with van der Waals surface area (Å²) in [5, 5.41) is 1.84. The van der Waals surface area contributed by atoms with Crippen LogP contribution in [0, 0.1) is 17.6 Å². The third-order valence-corrected chi connectivity index (χ3v) is 9.08. The number of hydrogen-bond donors (Lipinski definition) is 1. The number of nitrogens with two attached hydrogens (primary N) is 1. The van der Waals surface area contributed by atoms with Crippen LogP contribution in [0.1, 0.15) is 53.5 Å². The van der Waals surface area contributed by atoms with Crippen LogP contribution in [-0.4, -0.2) is 60.2 Å². The van der Waals surface area contributed by atoms with Crippen molar-refractivity contribution in [1.29, 1.82) is 0 Å². The van der Waals surface area contributed by atoms with Gasteiger partial charge in [-0.05, 0) is 35.6 Å². The Morgan fingerprint density at radius 2 is 1.93 bits per heavy atom. The molecule has 0 radical (unpaired) electrons. The Hall–Kier alpha value is -3.94. The zero-order valence-corrected chi connectivity index (χ0v) is 25.0. The summed E-state index contributed by atoms with van der Waals surface area (Å²) in [6, 6.07) is 9.88. The molecule has 3 aliphatic rings. The van der Waals surface area contributed by atoms with Crippen molar-refractivity contribution in [3.05, 3.63) is 92.9 Å². The van der Waals surface area contributed by atoms with Gasteiger partial charge in [-0.15, -0.1) is 11.8 Å². The first-order valence-electron chi connectivity index (χ1n) is 14.3. The summed E-state index contributed by atoms with van der Waals surface area (Å²) in [7, 11) is 0.